The number of benzene rings is 1. The third kappa shape index (κ3) is 5.14. The number of allylic oxidation sites excluding steroid dienone is 1. The molecule has 0 aliphatic carbocycles. The van der Waals surface area contributed by atoms with Crippen LogP contribution in [0, 0.1) is 0 Å². The molecule has 1 aromatic heterocycles. The van der Waals surface area contributed by atoms with Gasteiger partial charge in [-0.15, -0.1) is 0 Å². The minimum atomic E-state index is -1.10. The van der Waals surface area contributed by atoms with E-state index in [-0.39, 0.29) is 0 Å². The number of hydrogen-bond donors (Lipinski definition) is 0. The molecule has 1 aromatic carbocycles. The molecule has 5 nitrogen and oxygen atoms in total. The van der Waals surface area contributed by atoms with Crippen molar-refractivity contribution in [2.45, 2.75) is 51.3 Å². The lowest BCUT2D eigenvalue weighted by Crippen LogP contribution is -2.22. The van der Waals surface area contributed by atoms with Crippen LogP contribution in [-0.2, 0) is 16.3 Å². The summed E-state index contributed by atoms with van der Waals surface area (Å²) in [6.45, 7) is 9.51. The van der Waals surface area contributed by atoms with Crippen molar-refractivity contribution in [1.82, 2.24) is 14.2 Å². The number of hydrogen-bond acceptors (Lipinski definition) is 4. The van der Waals surface area contributed by atoms with E-state index in [9.17, 15) is 4.79 Å². The fourth-order valence-corrected chi connectivity index (χ4v) is 4.63. The maximum absolute atomic E-state index is 10.6. The molecule has 0 spiro atoms. The maximum Gasteiger partial charge on any atom is 0.142 e. The van der Waals surface area contributed by atoms with Gasteiger partial charge < -0.3 is 9.30 Å². The molecule has 0 saturated carbocycles. The fraction of sp³-hybridized carbons (Fsp3) is 0.500. The smallest absolute Gasteiger partial charge is 0.142 e. The molecule has 2 unspecified atom stereocenters. The number of rotatable bonds is 8. The Bertz CT molecular complexity index is 828. The van der Waals surface area contributed by atoms with Crippen LogP contribution in [0.2, 0.25) is 25.7 Å². The van der Waals surface area contributed by atoms with Crippen molar-refractivity contribution in [1.29, 1.82) is 0 Å². The first-order valence-electron chi connectivity index (χ1n) is 9.60. The average molecular weight is 404 g/mol. The van der Waals surface area contributed by atoms with Crippen molar-refractivity contribution in [2.24, 2.45) is 0 Å². The maximum atomic E-state index is 10.6. The number of carbonyl (C=O) groups is 1. The molecule has 146 valence electrons. The Hall–Kier alpha value is -1.33. The number of nitrogens with zero attached hydrogens (tertiary/aromatic N) is 3. The summed E-state index contributed by atoms with van der Waals surface area (Å²) in [5.41, 5.74) is 3.03. The Morgan fingerprint density at radius 3 is 2.85 bits per heavy atom. The zero-order chi connectivity index (χ0) is 19.4. The van der Waals surface area contributed by atoms with Crippen molar-refractivity contribution in [3.8, 4) is 0 Å². The van der Waals surface area contributed by atoms with E-state index in [4.69, 9.17) is 9.72 Å². The van der Waals surface area contributed by atoms with Crippen molar-refractivity contribution in [3.63, 3.8) is 0 Å². The normalized spacial score (nSPS) is 18.7. The van der Waals surface area contributed by atoms with E-state index in [2.05, 4.69) is 44.3 Å². The minimum absolute atomic E-state index is 0.303. The number of carbonyl (C=O) groups excluding carboxylic acids is 1. The third-order valence-electron chi connectivity index (χ3n) is 4.98. The van der Waals surface area contributed by atoms with E-state index in [1.807, 2.05) is 18.2 Å². The van der Waals surface area contributed by atoms with Crippen molar-refractivity contribution in [2.75, 3.05) is 13.2 Å². The Kier molecular flexibility index (Phi) is 6.64. The number of aldehydes is 1. The Morgan fingerprint density at radius 2 is 2.19 bits per heavy atom. The van der Waals surface area contributed by atoms with E-state index < -0.39 is 8.07 Å². The van der Waals surface area contributed by atoms with Crippen LogP contribution in [0.5, 0.6) is 0 Å². The van der Waals surface area contributed by atoms with Gasteiger partial charge >= 0.3 is 0 Å². The van der Waals surface area contributed by atoms with Crippen LogP contribution in [0.25, 0.3) is 17.1 Å². The topological polar surface area (TPSA) is 47.4 Å². The summed E-state index contributed by atoms with van der Waals surface area (Å²) in [4.78, 5) is 15.6. The monoisotopic (exact) mass is 403 g/mol. The molecule has 2 atom stereocenters. The molecule has 3 rings (SSSR count). The van der Waals surface area contributed by atoms with Gasteiger partial charge in [-0.25, -0.2) is 4.98 Å². The molecular weight excluding hydrogens is 373 g/mol. The van der Waals surface area contributed by atoms with Gasteiger partial charge in [0, 0.05) is 21.2 Å². The lowest BCUT2D eigenvalue weighted by atomic mass is 10.2. The van der Waals surface area contributed by atoms with Gasteiger partial charge in [0.25, 0.3) is 0 Å². The molecule has 2 aromatic rings. The Labute approximate surface area is 165 Å². The zero-order valence-corrected chi connectivity index (χ0v) is 18.7. The van der Waals surface area contributed by atoms with E-state index >= 15 is 0 Å². The summed E-state index contributed by atoms with van der Waals surface area (Å²) >= 11 is 0. The largest absolute Gasteiger partial charge is 0.361 e. The molecule has 27 heavy (non-hydrogen) atoms. The summed E-state index contributed by atoms with van der Waals surface area (Å²) in [7, 11) is 1.74. The Balaban J connectivity index is 1.89. The van der Waals surface area contributed by atoms with Gasteiger partial charge in [-0.05, 0) is 42.7 Å². The first kappa shape index (κ1) is 20.4. The van der Waals surface area contributed by atoms with Crippen LogP contribution in [0.15, 0.2) is 24.3 Å². The number of imidazole rings is 1. The summed E-state index contributed by atoms with van der Waals surface area (Å²) in [5.74, 6) is 1.07. The van der Waals surface area contributed by atoms with Gasteiger partial charge in [0.2, 0.25) is 0 Å². The highest BCUT2D eigenvalue weighted by atomic mass is 31.0. The van der Waals surface area contributed by atoms with Gasteiger partial charge in [0.1, 0.15) is 18.8 Å². The van der Waals surface area contributed by atoms with Gasteiger partial charge in [-0.3, -0.25) is 9.46 Å². The van der Waals surface area contributed by atoms with Crippen LogP contribution in [0.4, 0.5) is 0 Å². The summed E-state index contributed by atoms with van der Waals surface area (Å²) in [6, 6.07) is 7.62. The Morgan fingerprint density at radius 1 is 1.37 bits per heavy atom. The zero-order valence-electron chi connectivity index (χ0n) is 16.5. The molecule has 7 heteroatoms. The molecule has 2 heterocycles. The van der Waals surface area contributed by atoms with Crippen molar-refractivity contribution >= 4 is 40.9 Å². The second-order valence-corrected chi connectivity index (χ2v) is 14.7. The van der Waals surface area contributed by atoms with Gasteiger partial charge in [-0.2, -0.15) is 0 Å². The molecule has 0 radical (unpaired) electrons. The first-order valence-corrected chi connectivity index (χ1v) is 13.8. The summed E-state index contributed by atoms with van der Waals surface area (Å²) in [6.07, 6.45) is 6.42. The molecule has 0 N–H and O–H groups in total. The molecule has 1 saturated heterocycles. The molecule has 0 amide bonds. The second kappa shape index (κ2) is 8.78. The average Bonchev–Trinajstić information content (AvgIpc) is 3.18. The summed E-state index contributed by atoms with van der Waals surface area (Å²) in [5, 5.41) is 0. The highest BCUT2D eigenvalue weighted by Gasteiger charge is 2.28. The van der Waals surface area contributed by atoms with Crippen molar-refractivity contribution in [3.05, 3.63) is 35.7 Å². The quantitative estimate of drug-likeness (QED) is 0.214. The fourth-order valence-electron chi connectivity index (χ4n) is 3.41. The highest BCUT2D eigenvalue weighted by Crippen LogP contribution is 2.35. The minimum Gasteiger partial charge on any atom is -0.361 e. The van der Waals surface area contributed by atoms with Crippen LogP contribution in [-0.4, -0.2) is 41.7 Å². The van der Waals surface area contributed by atoms with Crippen LogP contribution < -0.4 is 0 Å². The number of aromatic nitrogens is 2. The van der Waals surface area contributed by atoms with Gasteiger partial charge in [-0.1, -0.05) is 41.2 Å². The third-order valence-corrected chi connectivity index (χ3v) is 7.30. The van der Waals surface area contributed by atoms with Gasteiger partial charge in [0.15, 0.2) is 0 Å². The molecular formula is C20H30N3O2PSi. The van der Waals surface area contributed by atoms with E-state index in [1.54, 1.807) is 0 Å². The molecule has 0 bridgehead atoms. The van der Waals surface area contributed by atoms with Gasteiger partial charge in [0.05, 0.1) is 17.1 Å². The first-order chi connectivity index (χ1) is 12.9. The highest BCUT2D eigenvalue weighted by molar-refractivity contribution is 7.13. The van der Waals surface area contributed by atoms with Crippen LogP contribution >= 0.6 is 9.39 Å². The second-order valence-electron chi connectivity index (χ2n) is 8.39. The molecule has 1 aliphatic heterocycles. The van der Waals surface area contributed by atoms with Crippen molar-refractivity contribution < 1.29 is 9.53 Å². The van der Waals surface area contributed by atoms with E-state index in [1.165, 1.54) is 12.5 Å². The van der Waals surface area contributed by atoms with Crippen LogP contribution in [0.1, 0.15) is 30.3 Å². The van der Waals surface area contributed by atoms with E-state index in [0.29, 0.717) is 12.8 Å². The molecule has 1 aliphatic rings. The predicted octanol–water partition coefficient (Wildman–Crippen LogP) is 4.49. The summed E-state index contributed by atoms with van der Waals surface area (Å²) < 4.78 is 10.6. The van der Waals surface area contributed by atoms with Crippen LogP contribution in [0.3, 0.4) is 0 Å². The van der Waals surface area contributed by atoms with E-state index in [0.717, 1.165) is 54.3 Å². The number of fused-ring (bicyclic) bond motifs is 1. The number of ether oxygens (including phenoxy) is 1. The molecule has 1 fully saturated rings. The predicted molar refractivity (Wildman–Crippen MR) is 117 cm³/mol. The standard InChI is InChI=1S/C20H30N3O2PSi/c1-27(2,3)13-12-25-15-22-18-9-8-16(6-5-11-24)14-17(18)21-20(22)19-7-4-10-23(19)26/h5-6,8-9,11,14,19H,4,7,10,12-13,15,26H2,1-3H3/b6-5+. The SMILES string of the molecule is C[Si](C)(C)CCOCn1c(C2CCCN2P)nc2cc(/C=C/C=O)ccc21. The lowest BCUT2D eigenvalue weighted by Gasteiger charge is -2.21. The lowest BCUT2D eigenvalue weighted by molar-refractivity contribution is -0.104.